The van der Waals surface area contributed by atoms with Crippen LogP contribution in [0.5, 0.6) is 0 Å². The van der Waals surface area contributed by atoms with Gasteiger partial charge in [-0.3, -0.25) is 9.59 Å². The molecule has 0 atom stereocenters. The van der Waals surface area contributed by atoms with Crippen molar-refractivity contribution < 1.29 is 0 Å². The number of fused-ring (bicyclic) bond motifs is 10. The van der Waals surface area contributed by atoms with E-state index in [-0.39, 0.29) is 32.5 Å². The van der Waals surface area contributed by atoms with Crippen molar-refractivity contribution in [1.82, 2.24) is 8.80 Å². The lowest BCUT2D eigenvalue weighted by Gasteiger charge is -2.21. The van der Waals surface area contributed by atoms with E-state index in [1.807, 2.05) is 0 Å². The molecular formula is C48H48N2O2. The van der Waals surface area contributed by atoms with E-state index in [1.54, 1.807) is 0 Å². The average Bonchev–Trinajstić information content (AvgIpc) is 3.55. The molecule has 0 aliphatic carbocycles. The Balaban J connectivity index is 1.57. The van der Waals surface area contributed by atoms with E-state index >= 15 is 0 Å². The van der Waals surface area contributed by atoms with Gasteiger partial charge in [0.15, 0.2) is 10.9 Å². The van der Waals surface area contributed by atoms with E-state index in [0.29, 0.717) is 0 Å². The molecule has 0 amide bonds. The van der Waals surface area contributed by atoms with Crippen molar-refractivity contribution >= 4 is 76.2 Å². The van der Waals surface area contributed by atoms with E-state index in [2.05, 4.69) is 165 Å². The molecule has 0 saturated carbocycles. The zero-order valence-electron chi connectivity index (χ0n) is 32.6. The Morgan fingerprint density at radius 2 is 0.654 bits per heavy atom. The highest BCUT2D eigenvalue weighted by Gasteiger charge is 2.27. The van der Waals surface area contributed by atoms with E-state index in [1.165, 1.54) is 0 Å². The topological polar surface area (TPSA) is 43.0 Å². The standard InChI is InChI=1S/C48H48N2O2/c1-45(2,3)25-13-15-37-33(17-25)43(51)35-21-27(47(7,8)9)19-31-29-23-30-32-20-28(48(10,11)12)22-36-42(32)50(40(30)24-39(29)49(37)41(31)35)38-16-14-26(46(4,5)6)18-34(38)44(36)52/h13-24H,1-12H3. The SMILES string of the molecule is CC(C)(C)c1ccc2c(c1)c(=O)c1cc(C(C)(C)C)cc3c4cc5c6cc(C(C)(C)C)cc7c(=O)c8cc(C(C)(C)C)ccc8n(c5cc4n2c13)c76. The average molecular weight is 685 g/mol. The smallest absolute Gasteiger partial charge is 0.197 e. The molecule has 4 aromatic heterocycles. The zero-order chi connectivity index (χ0) is 37.2. The molecule has 0 N–H and O–H groups in total. The highest BCUT2D eigenvalue weighted by molar-refractivity contribution is 6.24. The molecule has 0 unspecified atom stereocenters. The summed E-state index contributed by atoms with van der Waals surface area (Å²) in [7, 11) is 0. The van der Waals surface area contributed by atoms with Gasteiger partial charge in [0.2, 0.25) is 0 Å². The van der Waals surface area contributed by atoms with Gasteiger partial charge in [0, 0.05) is 43.1 Å². The molecule has 9 rings (SSSR count). The summed E-state index contributed by atoms with van der Waals surface area (Å²) in [6, 6.07) is 26.4. The second kappa shape index (κ2) is 9.92. The minimum Gasteiger partial charge on any atom is -0.308 e. The fourth-order valence-electron chi connectivity index (χ4n) is 8.54. The van der Waals surface area contributed by atoms with Crippen molar-refractivity contribution in [2.24, 2.45) is 0 Å². The first-order valence-corrected chi connectivity index (χ1v) is 18.7. The Morgan fingerprint density at radius 1 is 0.327 bits per heavy atom. The van der Waals surface area contributed by atoms with E-state index < -0.39 is 0 Å². The van der Waals surface area contributed by atoms with Crippen LogP contribution in [0.2, 0.25) is 0 Å². The van der Waals surface area contributed by atoms with Crippen molar-refractivity contribution in [3.63, 3.8) is 0 Å². The number of aromatic nitrogens is 2. The Bertz CT molecular complexity index is 2920. The molecule has 0 aliphatic heterocycles. The first-order valence-electron chi connectivity index (χ1n) is 18.7. The van der Waals surface area contributed by atoms with Crippen LogP contribution in [0, 0.1) is 0 Å². The Hall–Kier alpha value is -4.96. The second-order valence-corrected chi connectivity index (χ2v) is 19.5. The molecule has 4 heterocycles. The number of hydrogen-bond acceptors (Lipinski definition) is 2. The molecule has 0 bridgehead atoms. The minimum atomic E-state index is -0.154. The monoisotopic (exact) mass is 684 g/mol. The van der Waals surface area contributed by atoms with Gasteiger partial charge in [-0.1, -0.05) is 95.2 Å². The van der Waals surface area contributed by atoms with Crippen LogP contribution in [0.15, 0.2) is 82.4 Å². The summed E-state index contributed by atoms with van der Waals surface area (Å²) in [5.74, 6) is 0. The minimum absolute atomic E-state index is 0.0861. The van der Waals surface area contributed by atoms with Gasteiger partial charge in [-0.05, 0) is 105 Å². The maximum Gasteiger partial charge on any atom is 0.197 e. The summed E-state index contributed by atoms with van der Waals surface area (Å²) in [5.41, 5.74) is 10.2. The molecule has 52 heavy (non-hydrogen) atoms. The van der Waals surface area contributed by atoms with Gasteiger partial charge in [-0.2, -0.15) is 0 Å². The number of nitrogens with zero attached hydrogens (tertiary/aromatic N) is 2. The number of hydrogen-bond donors (Lipinski definition) is 0. The summed E-state index contributed by atoms with van der Waals surface area (Å²) in [4.78, 5) is 29.2. The zero-order valence-corrected chi connectivity index (χ0v) is 32.6. The summed E-state index contributed by atoms with van der Waals surface area (Å²) < 4.78 is 4.66. The fraction of sp³-hybridized carbons (Fsp3) is 0.333. The molecule has 0 fully saturated rings. The summed E-state index contributed by atoms with van der Waals surface area (Å²) in [5, 5.41) is 7.43. The predicted octanol–water partition coefficient (Wildman–Crippen LogP) is 11.9. The maximum atomic E-state index is 14.6. The normalized spacial score (nSPS) is 13.9. The molecule has 4 nitrogen and oxygen atoms in total. The highest BCUT2D eigenvalue weighted by atomic mass is 16.1. The molecule has 0 spiro atoms. The van der Waals surface area contributed by atoms with Crippen molar-refractivity contribution in [3.8, 4) is 0 Å². The van der Waals surface area contributed by atoms with Crippen molar-refractivity contribution in [1.29, 1.82) is 0 Å². The summed E-state index contributed by atoms with van der Waals surface area (Å²) in [6.07, 6.45) is 0. The van der Waals surface area contributed by atoms with Crippen LogP contribution >= 0.6 is 0 Å². The quantitative estimate of drug-likeness (QED) is 0.149. The summed E-state index contributed by atoms with van der Waals surface area (Å²) in [6.45, 7) is 26.5. The molecule has 0 radical (unpaired) electrons. The van der Waals surface area contributed by atoms with Gasteiger partial charge in [0.05, 0.1) is 33.1 Å². The van der Waals surface area contributed by atoms with Crippen LogP contribution in [-0.4, -0.2) is 8.80 Å². The third-order valence-corrected chi connectivity index (χ3v) is 11.8. The number of benzene rings is 5. The lowest BCUT2D eigenvalue weighted by Crippen LogP contribution is -2.15. The third-order valence-electron chi connectivity index (χ3n) is 11.8. The van der Waals surface area contributed by atoms with E-state index in [0.717, 1.165) is 98.4 Å². The van der Waals surface area contributed by atoms with Crippen LogP contribution in [0.4, 0.5) is 0 Å². The summed E-state index contributed by atoms with van der Waals surface area (Å²) >= 11 is 0. The van der Waals surface area contributed by atoms with E-state index in [9.17, 15) is 9.59 Å². The van der Waals surface area contributed by atoms with Gasteiger partial charge in [-0.15, -0.1) is 0 Å². The lowest BCUT2D eigenvalue weighted by atomic mass is 9.84. The fourth-order valence-corrected chi connectivity index (χ4v) is 8.54. The Morgan fingerprint density at radius 3 is 1.00 bits per heavy atom. The highest BCUT2D eigenvalue weighted by Crippen LogP contribution is 2.43. The van der Waals surface area contributed by atoms with Gasteiger partial charge in [-0.25, -0.2) is 0 Å². The van der Waals surface area contributed by atoms with Gasteiger partial charge in [0.25, 0.3) is 0 Å². The molecular weight excluding hydrogens is 637 g/mol. The molecule has 0 saturated heterocycles. The largest absolute Gasteiger partial charge is 0.308 e. The third kappa shape index (κ3) is 4.39. The molecule has 0 aliphatic rings. The first-order chi connectivity index (χ1) is 24.1. The van der Waals surface area contributed by atoms with E-state index in [4.69, 9.17) is 0 Å². The Labute approximate surface area is 304 Å². The Kier molecular flexibility index (Phi) is 6.28. The predicted molar refractivity (Wildman–Crippen MR) is 223 cm³/mol. The van der Waals surface area contributed by atoms with Crippen LogP contribution in [0.3, 0.4) is 0 Å². The molecule has 4 heteroatoms. The lowest BCUT2D eigenvalue weighted by molar-refractivity contribution is 0.590. The van der Waals surface area contributed by atoms with Gasteiger partial charge in [0.1, 0.15) is 0 Å². The van der Waals surface area contributed by atoms with Crippen molar-refractivity contribution in [2.45, 2.75) is 105 Å². The second-order valence-electron chi connectivity index (χ2n) is 19.5. The number of rotatable bonds is 0. The molecule has 9 aromatic rings. The molecule has 262 valence electrons. The van der Waals surface area contributed by atoms with Crippen molar-refractivity contribution in [3.05, 3.63) is 115 Å². The van der Waals surface area contributed by atoms with Gasteiger partial charge >= 0.3 is 0 Å². The number of pyridine rings is 2. The van der Waals surface area contributed by atoms with Crippen LogP contribution in [0.25, 0.3) is 76.2 Å². The van der Waals surface area contributed by atoms with Crippen LogP contribution in [0.1, 0.15) is 105 Å². The van der Waals surface area contributed by atoms with Gasteiger partial charge < -0.3 is 8.80 Å². The van der Waals surface area contributed by atoms with Crippen LogP contribution < -0.4 is 10.9 Å². The van der Waals surface area contributed by atoms with Crippen molar-refractivity contribution in [2.75, 3.05) is 0 Å². The first kappa shape index (κ1) is 32.9. The van der Waals surface area contributed by atoms with Crippen LogP contribution in [-0.2, 0) is 21.7 Å². The maximum absolute atomic E-state index is 14.6. The molecule has 5 aromatic carbocycles.